The highest BCUT2D eigenvalue weighted by Crippen LogP contribution is 2.38. The molecule has 3 rings (SSSR count). The van der Waals surface area contributed by atoms with E-state index in [1.165, 1.54) is 12.0 Å². The number of methoxy groups -OCH3 is 1. The van der Waals surface area contributed by atoms with Crippen LogP contribution in [0.4, 0.5) is 11.4 Å². The van der Waals surface area contributed by atoms with Gasteiger partial charge in [-0.05, 0) is 36.8 Å². The minimum atomic E-state index is -3.94. The third-order valence-electron chi connectivity index (χ3n) is 4.05. The Morgan fingerprint density at radius 2 is 1.75 bits per heavy atom. The number of anilines is 2. The summed E-state index contributed by atoms with van der Waals surface area (Å²) in [5.74, 6) is -0.0339. The van der Waals surface area contributed by atoms with Gasteiger partial charge in [-0.15, -0.1) is 0 Å². The quantitative estimate of drug-likeness (QED) is 0.854. The number of benzene rings is 2. The van der Waals surface area contributed by atoms with Crippen LogP contribution in [-0.2, 0) is 14.8 Å². The molecule has 0 bridgehead atoms. The molecule has 0 spiro atoms. The van der Waals surface area contributed by atoms with Gasteiger partial charge in [0, 0.05) is 7.05 Å². The summed E-state index contributed by atoms with van der Waals surface area (Å²) in [7, 11) is -0.876. The van der Waals surface area contributed by atoms with Crippen molar-refractivity contribution in [3.63, 3.8) is 0 Å². The van der Waals surface area contributed by atoms with E-state index >= 15 is 0 Å². The van der Waals surface area contributed by atoms with Crippen LogP contribution in [0.25, 0.3) is 0 Å². The lowest BCUT2D eigenvalue weighted by molar-refractivity contribution is -0.117. The monoisotopic (exact) mass is 346 g/mol. The number of carbonyl (C=O) groups excluding carboxylic acids is 1. The predicted molar refractivity (Wildman–Crippen MR) is 92.1 cm³/mol. The number of hydrogen-bond acceptors (Lipinski definition) is 4. The van der Waals surface area contributed by atoms with Gasteiger partial charge in [0.1, 0.15) is 17.2 Å². The number of ether oxygens (including phenoxy) is 1. The minimum absolute atomic E-state index is 0.0529. The molecule has 2 aromatic rings. The van der Waals surface area contributed by atoms with Crippen LogP contribution in [0.1, 0.15) is 5.56 Å². The topological polar surface area (TPSA) is 66.9 Å². The Hall–Kier alpha value is -2.54. The van der Waals surface area contributed by atoms with Crippen molar-refractivity contribution in [1.82, 2.24) is 0 Å². The molecule has 6 nitrogen and oxygen atoms in total. The van der Waals surface area contributed by atoms with Gasteiger partial charge >= 0.3 is 0 Å². The van der Waals surface area contributed by atoms with Gasteiger partial charge in [-0.3, -0.25) is 9.10 Å². The highest BCUT2D eigenvalue weighted by molar-refractivity contribution is 7.93. The molecule has 24 heavy (non-hydrogen) atoms. The molecule has 0 unspecified atom stereocenters. The Morgan fingerprint density at radius 3 is 2.42 bits per heavy atom. The first kappa shape index (κ1) is 16.3. The lowest BCUT2D eigenvalue weighted by Gasteiger charge is -2.34. The normalized spacial score (nSPS) is 14.5. The smallest absolute Gasteiger partial charge is 0.268 e. The van der Waals surface area contributed by atoms with Crippen LogP contribution < -0.4 is 13.9 Å². The summed E-state index contributed by atoms with van der Waals surface area (Å²) in [6, 6.07) is 11.9. The van der Waals surface area contributed by atoms with E-state index in [0.717, 1.165) is 9.87 Å². The largest absolute Gasteiger partial charge is 0.495 e. The Bertz CT molecular complexity index is 909. The standard InChI is InChI=1S/C17H18N2O4S/c1-12-8-9-15(23-3)16(10-12)24(21,22)19-11-17(20)18(2)13-6-4-5-7-14(13)19/h4-10H,11H2,1-3H3. The Kier molecular flexibility index (Phi) is 3.96. The van der Waals surface area contributed by atoms with Crippen LogP contribution in [0.3, 0.4) is 0 Å². The van der Waals surface area contributed by atoms with E-state index in [1.807, 2.05) is 6.92 Å². The van der Waals surface area contributed by atoms with Gasteiger partial charge < -0.3 is 9.64 Å². The van der Waals surface area contributed by atoms with Crippen molar-refractivity contribution in [2.24, 2.45) is 0 Å². The molecule has 7 heteroatoms. The summed E-state index contributed by atoms with van der Waals surface area (Å²) in [6.45, 7) is 1.56. The van der Waals surface area contributed by atoms with E-state index in [-0.39, 0.29) is 23.1 Å². The average molecular weight is 346 g/mol. The molecule has 1 heterocycles. The Morgan fingerprint density at radius 1 is 1.08 bits per heavy atom. The number of fused-ring (bicyclic) bond motifs is 1. The SMILES string of the molecule is COc1ccc(C)cc1S(=O)(=O)N1CC(=O)N(C)c2ccccc21. The minimum Gasteiger partial charge on any atom is -0.495 e. The van der Waals surface area contributed by atoms with Crippen LogP contribution in [0.2, 0.25) is 0 Å². The molecule has 0 N–H and O–H groups in total. The molecule has 1 aliphatic rings. The molecule has 126 valence electrons. The lowest BCUT2D eigenvalue weighted by Crippen LogP contribution is -2.46. The maximum absolute atomic E-state index is 13.2. The van der Waals surface area contributed by atoms with E-state index in [9.17, 15) is 13.2 Å². The van der Waals surface area contributed by atoms with Crippen molar-refractivity contribution < 1.29 is 17.9 Å². The second-order valence-corrected chi connectivity index (χ2v) is 7.44. The molecule has 0 aliphatic carbocycles. The van der Waals surface area contributed by atoms with Crippen molar-refractivity contribution in [2.75, 3.05) is 29.9 Å². The number of carbonyl (C=O) groups is 1. The highest BCUT2D eigenvalue weighted by atomic mass is 32.2. The van der Waals surface area contributed by atoms with Crippen LogP contribution in [-0.4, -0.2) is 35.0 Å². The fourth-order valence-electron chi connectivity index (χ4n) is 2.73. The van der Waals surface area contributed by atoms with Crippen molar-refractivity contribution in [3.8, 4) is 5.75 Å². The Balaban J connectivity index is 2.20. The summed E-state index contributed by atoms with van der Waals surface area (Å²) in [6.07, 6.45) is 0. The molecule has 0 aromatic heterocycles. The van der Waals surface area contributed by atoms with Crippen LogP contribution >= 0.6 is 0 Å². The molecular weight excluding hydrogens is 328 g/mol. The zero-order chi connectivity index (χ0) is 17.5. The number of hydrogen-bond donors (Lipinski definition) is 0. The molecule has 0 radical (unpaired) electrons. The van der Waals surface area contributed by atoms with Crippen LogP contribution in [0.5, 0.6) is 5.75 Å². The third kappa shape index (κ3) is 2.50. The third-order valence-corrected chi connectivity index (χ3v) is 5.83. The summed E-state index contributed by atoms with van der Waals surface area (Å²) in [4.78, 5) is 13.8. The first-order valence-corrected chi connectivity index (χ1v) is 8.83. The molecule has 0 fully saturated rings. The number of para-hydroxylation sites is 2. The van der Waals surface area contributed by atoms with Gasteiger partial charge in [-0.2, -0.15) is 0 Å². The maximum Gasteiger partial charge on any atom is 0.268 e. The maximum atomic E-state index is 13.2. The first-order chi connectivity index (χ1) is 11.4. The predicted octanol–water partition coefficient (Wildman–Crippen LogP) is 2.18. The summed E-state index contributed by atoms with van der Waals surface area (Å²) < 4.78 is 32.8. The summed E-state index contributed by atoms with van der Waals surface area (Å²) in [5.41, 5.74) is 1.83. The fraction of sp³-hybridized carbons (Fsp3) is 0.235. The van der Waals surface area contributed by atoms with E-state index in [1.54, 1.807) is 49.5 Å². The lowest BCUT2D eigenvalue weighted by atomic mass is 10.2. The molecular formula is C17H18N2O4S. The summed E-state index contributed by atoms with van der Waals surface area (Å²) in [5, 5.41) is 0. The second kappa shape index (κ2) is 5.83. The van der Waals surface area contributed by atoms with Gasteiger partial charge in [0.15, 0.2) is 0 Å². The number of likely N-dealkylation sites (N-methyl/N-ethyl adjacent to an activating group) is 1. The molecule has 0 saturated carbocycles. The fourth-order valence-corrected chi connectivity index (χ4v) is 4.40. The molecule has 2 aromatic carbocycles. The Labute approximate surface area is 141 Å². The summed E-state index contributed by atoms with van der Waals surface area (Å²) >= 11 is 0. The van der Waals surface area contributed by atoms with E-state index in [0.29, 0.717) is 11.4 Å². The van der Waals surface area contributed by atoms with Crippen molar-refractivity contribution >= 4 is 27.3 Å². The van der Waals surface area contributed by atoms with E-state index < -0.39 is 10.0 Å². The van der Waals surface area contributed by atoms with Crippen molar-refractivity contribution in [3.05, 3.63) is 48.0 Å². The number of rotatable bonds is 3. The molecule has 0 saturated heterocycles. The van der Waals surface area contributed by atoms with Gasteiger partial charge in [0.2, 0.25) is 5.91 Å². The van der Waals surface area contributed by atoms with Crippen LogP contribution in [0, 0.1) is 6.92 Å². The number of amides is 1. The highest BCUT2D eigenvalue weighted by Gasteiger charge is 2.36. The zero-order valence-corrected chi connectivity index (χ0v) is 14.5. The van der Waals surface area contributed by atoms with Gasteiger partial charge in [0.25, 0.3) is 10.0 Å². The number of aryl methyl sites for hydroxylation is 1. The van der Waals surface area contributed by atoms with Crippen molar-refractivity contribution in [1.29, 1.82) is 0 Å². The van der Waals surface area contributed by atoms with Crippen molar-refractivity contribution in [2.45, 2.75) is 11.8 Å². The average Bonchev–Trinajstić information content (AvgIpc) is 2.58. The van der Waals surface area contributed by atoms with E-state index in [2.05, 4.69) is 0 Å². The molecule has 1 aliphatic heterocycles. The molecule has 0 atom stereocenters. The van der Waals surface area contributed by atoms with Gasteiger partial charge in [-0.1, -0.05) is 18.2 Å². The van der Waals surface area contributed by atoms with Gasteiger partial charge in [0.05, 0.1) is 18.5 Å². The van der Waals surface area contributed by atoms with Crippen LogP contribution in [0.15, 0.2) is 47.4 Å². The second-order valence-electron chi connectivity index (χ2n) is 5.61. The van der Waals surface area contributed by atoms with E-state index in [4.69, 9.17) is 4.74 Å². The van der Waals surface area contributed by atoms with Gasteiger partial charge in [-0.25, -0.2) is 8.42 Å². The zero-order valence-electron chi connectivity index (χ0n) is 13.7. The first-order valence-electron chi connectivity index (χ1n) is 7.39. The molecule has 1 amide bonds. The number of sulfonamides is 1. The number of nitrogens with zero attached hydrogens (tertiary/aromatic N) is 2.